The number of aliphatic hydroxyl groups is 4. The summed E-state index contributed by atoms with van der Waals surface area (Å²) in [6.07, 6.45) is -6.76. The molecule has 558 valence electrons. The summed E-state index contributed by atoms with van der Waals surface area (Å²) in [4.78, 5) is 0. The molecule has 8 aromatic rings. The average molecular weight is 1430 g/mol. The molecule has 0 saturated carbocycles. The van der Waals surface area contributed by atoms with E-state index < -0.39 is 48.8 Å². The van der Waals surface area contributed by atoms with E-state index in [0.717, 1.165) is 39.1 Å². The molecule has 16 atom stereocenters. The normalized spacial score (nSPS) is 21.1. The van der Waals surface area contributed by atoms with Crippen molar-refractivity contribution in [2.75, 3.05) is 70.8 Å². The highest BCUT2D eigenvalue weighted by Gasteiger charge is 2.43. The molecule has 21 heteroatoms. The molecule has 0 radical (unpaired) electrons. The highest BCUT2D eigenvalue weighted by atomic mass is 16.7. The van der Waals surface area contributed by atoms with Gasteiger partial charge in [0, 0.05) is 0 Å². The lowest BCUT2D eigenvalue weighted by molar-refractivity contribution is 0.0281. The summed E-state index contributed by atoms with van der Waals surface area (Å²) in [5.74, 6) is 9.17. The minimum absolute atomic E-state index is 0.164. The maximum absolute atomic E-state index is 11.1. The van der Waals surface area contributed by atoms with Gasteiger partial charge in [-0.1, -0.05) is 76.2 Å². The first-order valence-corrected chi connectivity index (χ1v) is 34.9. The Bertz CT molecular complexity index is 4170. The average Bonchev–Trinajstić information content (AvgIpc) is 1.63. The zero-order valence-electron chi connectivity index (χ0n) is 62.5. The van der Waals surface area contributed by atoms with E-state index >= 15 is 0 Å². The van der Waals surface area contributed by atoms with Crippen molar-refractivity contribution in [3.63, 3.8) is 0 Å². The van der Waals surface area contributed by atoms with Gasteiger partial charge in [-0.3, -0.25) is 0 Å². The summed E-state index contributed by atoms with van der Waals surface area (Å²) < 4.78 is 99.1. The minimum atomic E-state index is -0.930. The minimum Gasteiger partial charge on any atom is -0.496 e. The first kappa shape index (κ1) is 77.1. The molecule has 3 heterocycles. The number of benzene rings is 8. The number of ether oxygens (including phenoxy) is 17. The summed E-state index contributed by atoms with van der Waals surface area (Å²) >= 11 is 0. The molecule has 4 N–H and O–H groups in total. The molecule has 0 aromatic heterocycles. The number of methoxy groups -OCH3 is 9. The smallest absolute Gasteiger partial charge is 0.231 e. The number of fused-ring (bicyclic) bond motifs is 1. The molecule has 104 heavy (non-hydrogen) atoms. The number of hydrogen-bond donors (Lipinski definition) is 4. The Labute approximate surface area is 610 Å². The van der Waals surface area contributed by atoms with E-state index in [4.69, 9.17) is 80.5 Å². The molecule has 8 aromatic carbocycles. The lowest BCUT2D eigenvalue weighted by Crippen LogP contribution is -2.22. The van der Waals surface area contributed by atoms with E-state index in [1.165, 1.54) is 0 Å². The molecule has 11 rings (SSSR count). The van der Waals surface area contributed by atoms with Crippen molar-refractivity contribution in [3.05, 3.63) is 196 Å². The van der Waals surface area contributed by atoms with E-state index in [1.54, 1.807) is 132 Å². The standard InChI is InChI=1S/C42H52O10.C41H48O11/c1-23-19-28(11-15-32(23)45-6)39(43)26(4)50-34-17-13-30(21-37(34)48-9)41-24(2)25(3)42(52-41)31-14-18-35(38(22-31)49-10)51-27(5)40(44)29-12-16-33(46-7)36(20-29)47-8;1-22-23(2)41(29-12-16-33(36(20-29)47-8)51-25(4)39(43)27-10-14-31-37(18-27)49-21-48-31)52-40(22)28-11-15-32(35(19-28)46-7)50-24(3)38(42)26-9-13-30(44-5)34(17-26)45-6/h11-22,24-27,39-44H,1-10H3;9-20,22-25,38-43H,21H2,1-8H3/t24-,25-,26-,27-,39+,40+,41?,42?;22-,23-,24-,25-,38+,39+,40?,41?/m11/s1. The lowest BCUT2D eigenvalue weighted by Gasteiger charge is -2.24. The molecule has 3 aliphatic heterocycles. The van der Waals surface area contributed by atoms with Crippen LogP contribution >= 0.6 is 0 Å². The summed E-state index contributed by atoms with van der Waals surface area (Å²) in [6, 6.07) is 44.7. The zero-order valence-corrected chi connectivity index (χ0v) is 62.5. The molecular formula is C83H100O21. The third kappa shape index (κ3) is 16.8. The maximum atomic E-state index is 11.1. The van der Waals surface area contributed by atoms with Crippen molar-refractivity contribution in [2.45, 2.75) is 136 Å². The van der Waals surface area contributed by atoms with Gasteiger partial charge in [-0.15, -0.1) is 0 Å². The van der Waals surface area contributed by atoms with E-state index in [2.05, 4.69) is 27.7 Å². The van der Waals surface area contributed by atoms with Crippen molar-refractivity contribution in [1.29, 1.82) is 0 Å². The first-order valence-electron chi connectivity index (χ1n) is 34.9. The van der Waals surface area contributed by atoms with Crippen LogP contribution in [-0.2, 0) is 9.47 Å². The molecule has 3 aliphatic rings. The Kier molecular flexibility index (Phi) is 25.5. The summed E-state index contributed by atoms with van der Waals surface area (Å²) in [5.41, 5.74) is 7.46. The lowest BCUT2D eigenvalue weighted by atomic mass is 9.85. The van der Waals surface area contributed by atoms with Gasteiger partial charge in [0.15, 0.2) is 80.5 Å². The summed E-state index contributed by atoms with van der Waals surface area (Å²) in [6.45, 7) is 18.1. The molecule has 0 amide bonds. The van der Waals surface area contributed by atoms with Gasteiger partial charge in [0.1, 0.15) is 54.6 Å². The van der Waals surface area contributed by atoms with Crippen LogP contribution in [0.15, 0.2) is 146 Å². The first-order chi connectivity index (χ1) is 50.0. The van der Waals surface area contributed by atoms with Gasteiger partial charge in [0.05, 0.1) is 88.4 Å². The fourth-order valence-corrected chi connectivity index (χ4v) is 13.7. The van der Waals surface area contributed by atoms with Crippen molar-refractivity contribution < 1.29 is 101 Å². The monoisotopic (exact) mass is 1430 g/mol. The Hall–Kier alpha value is -9.48. The third-order valence-electron chi connectivity index (χ3n) is 20.2. The SMILES string of the molecule is COc1ccc([C@@H](O)[C@@H](C)Oc2ccc(C3OC(c4ccc(O[C@H](C)[C@H](O)c5ccc(OC)c(OC)c5)c(OC)c4)[C@H](C)[C@H]3C)cc2OC)cc1C.COc1ccc([C@@H](O)[C@@H](C)Oc2ccc(C3OC(c4ccc(O[C@H](C)[C@H](O)c5ccc6c(c5)OCO6)c(OC)c4)[C@H](C)[C@H]3C)cc2OC)cc1OC. The molecule has 0 aliphatic carbocycles. The van der Waals surface area contributed by atoms with Crippen LogP contribution < -0.4 is 71.1 Å². The Balaban J connectivity index is 0.000000223. The second kappa shape index (κ2) is 34.4. The Morgan fingerprint density at radius 1 is 0.288 bits per heavy atom. The van der Waals surface area contributed by atoms with Crippen LogP contribution in [0.3, 0.4) is 0 Å². The van der Waals surface area contributed by atoms with Gasteiger partial charge in [-0.05, 0) is 205 Å². The topological polar surface area (TPSA) is 238 Å². The van der Waals surface area contributed by atoms with E-state index in [-0.39, 0.29) is 54.9 Å². The molecule has 0 bridgehead atoms. The largest absolute Gasteiger partial charge is 0.496 e. The van der Waals surface area contributed by atoms with Crippen molar-refractivity contribution in [1.82, 2.24) is 0 Å². The van der Waals surface area contributed by atoms with Gasteiger partial charge < -0.3 is 101 Å². The zero-order chi connectivity index (χ0) is 74.8. The van der Waals surface area contributed by atoms with Crippen LogP contribution in [0.2, 0.25) is 0 Å². The number of rotatable bonds is 29. The molecular weight excluding hydrogens is 1330 g/mol. The van der Waals surface area contributed by atoms with E-state index in [9.17, 15) is 20.4 Å². The maximum Gasteiger partial charge on any atom is 0.231 e. The van der Waals surface area contributed by atoms with Crippen molar-refractivity contribution in [2.24, 2.45) is 23.7 Å². The van der Waals surface area contributed by atoms with Gasteiger partial charge in [-0.25, -0.2) is 0 Å². The molecule has 2 fully saturated rings. The molecule has 4 unspecified atom stereocenters. The van der Waals surface area contributed by atoms with Crippen LogP contribution in [0.5, 0.6) is 86.2 Å². The fourth-order valence-electron chi connectivity index (χ4n) is 13.7. The predicted octanol–water partition coefficient (Wildman–Crippen LogP) is 15.7. The van der Waals surface area contributed by atoms with Gasteiger partial charge >= 0.3 is 0 Å². The summed E-state index contributed by atoms with van der Waals surface area (Å²) in [5, 5.41) is 44.3. The van der Waals surface area contributed by atoms with Crippen molar-refractivity contribution >= 4 is 0 Å². The predicted molar refractivity (Wildman–Crippen MR) is 391 cm³/mol. The van der Waals surface area contributed by atoms with E-state index in [1.807, 2.05) is 112 Å². The molecule has 21 nitrogen and oxygen atoms in total. The quantitative estimate of drug-likeness (QED) is 0.0341. The Morgan fingerprint density at radius 2 is 0.538 bits per heavy atom. The number of aryl methyl sites for hydroxylation is 1. The van der Waals surface area contributed by atoms with Crippen LogP contribution in [0.25, 0.3) is 0 Å². The van der Waals surface area contributed by atoms with Crippen LogP contribution in [0.1, 0.15) is 154 Å². The van der Waals surface area contributed by atoms with E-state index in [0.29, 0.717) is 97.2 Å². The van der Waals surface area contributed by atoms with Crippen molar-refractivity contribution in [3.8, 4) is 86.2 Å². The van der Waals surface area contributed by atoms with Gasteiger partial charge in [-0.2, -0.15) is 0 Å². The van der Waals surface area contributed by atoms with Crippen LogP contribution in [0, 0.1) is 30.6 Å². The van der Waals surface area contributed by atoms with Crippen LogP contribution in [0.4, 0.5) is 0 Å². The molecule has 0 spiro atoms. The fraction of sp³-hybridized carbons (Fsp3) is 0.422. The second-order valence-electron chi connectivity index (χ2n) is 26.7. The highest BCUT2D eigenvalue weighted by Crippen LogP contribution is 2.53. The molecule has 2 saturated heterocycles. The Morgan fingerprint density at radius 3 is 0.837 bits per heavy atom. The van der Waals surface area contributed by atoms with Gasteiger partial charge in [0.2, 0.25) is 6.79 Å². The van der Waals surface area contributed by atoms with Gasteiger partial charge in [0.25, 0.3) is 0 Å². The third-order valence-corrected chi connectivity index (χ3v) is 20.2. The number of aliphatic hydroxyl groups excluding tert-OH is 4. The summed E-state index contributed by atoms with van der Waals surface area (Å²) in [7, 11) is 14.3. The van der Waals surface area contributed by atoms with Crippen LogP contribution in [-0.4, -0.2) is 116 Å². The second-order valence-corrected chi connectivity index (χ2v) is 26.7. The number of hydrogen-bond acceptors (Lipinski definition) is 21. The highest BCUT2D eigenvalue weighted by molar-refractivity contribution is 5.51.